The first-order valence-electron chi connectivity index (χ1n) is 7.81. The summed E-state index contributed by atoms with van der Waals surface area (Å²) >= 11 is 12.2. The fourth-order valence-electron chi connectivity index (χ4n) is 2.32. The van der Waals surface area contributed by atoms with Gasteiger partial charge in [-0.1, -0.05) is 29.8 Å². The van der Waals surface area contributed by atoms with E-state index in [4.69, 9.17) is 28.6 Å². The second kappa shape index (κ2) is 8.43. The lowest BCUT2D eigenvalue weighted by molar-refractivity contribution is -0.128. The molecule has 1 aromatic heterocycles. The van der Waals surface area contributed by atoms with Crippen molar-refractivity contribution in [1.82, 2.24) is 15.2 Å². The first kappa shape index (κ1) is 19.2. The highest BCUT2D eigenvalue weighted by molar-refractivity contribution is 7.80. The van der Waals surface area contributed by atoms with Crippen LogP contribution in [0, 0.1) is 0 Å². The molecule has 0 saturated carbocycles. The van der Waals surface area contributed by atoms with Gasteiger partial charge in [-0.05, 0) is 36.0 Å². The van der Waals surface area contributed by atoms with Gasteiger partial charge in [0.1, 0.15) is 17.9 Å². The SMILES string of the molecule is C=CCN1C(=O)C(=Cc2ccc(OCc3cnc(Cl)s3)cc2)C(=O)NC1=S. The fraction of sp³-hybridized carbons (Fsp3) is 0.111. The first-order chi connectivity index (χ1) is 13.0. The summed E-state index contributed by atoms with van der Waals surface area (Å²) in [5.41, 5.74) is 0.700. The molecule has 0 atom stereocenters. The van der Waals surface area contributed by atoms with E-state index in [9.17, 15) is 9.59 Å². The lowest BCUT2D eigenvalue weighted by Crippen LogP contribution is -2.53. The summed E-state index contributed by atoms with van der Waals surface area (Å²) in [5.74, 6) is -0.325. The van der Waals surface area contributed by atoms with E-state index < -0.39 is 11.8 Å². The molecule has 6 nitrogen and oxygen atoms in total. The third-order valence-corrected chi connectivity index (χ3v) is 5.01. The summed E-state index contributed by atoms with van der Waals surface area (Å²) in [6.45, 7) is 4.18. The van der Waals surface area contributed by atoms with E-state index in [2.05, 4.69) is 16.9 Å². The summed E-state index contributed by atoms with van der Waals surface area (Å²) in [6, 6.07) is 7.03. The molecule has 9 heteroatoms. The van der Waals surface area contributed by atoms with Gasteiger partial charge in [0, 0.05) is 12.7 Å². The van der Waals surface area contributed by atoms with Crippen molar-refractivity contribution in [1.29, 1.82) is 0 Å². The number of nitrogens with zero attached hydrogens (tertiary/aromatic N) is 2. The van der Waals surface area contributed by atoms with Gasteiger partial charge in [0.2, 0.25) is 0 Å². The van der Waals surface area contributed by atoms with Crippen LogP contribution < -0.4 is 10.1 Å². The summed E-state index contributed by atoms with van der Waals surface area (Å²) in [4.78, 5) is 30.8. The van der Waals surface area contributed by atoms with Crippen molar-refractivity contribution in [2.75, 3.05) is 6.54 Å². The van der Waals surface area contributed by atoms with Gasteiger partial charge in [0.25, 0.3) is 11.8 Å². The predicted molar refractivity (Wildman–Crippen MR) is 109 cm³/mol. The highest BCUT2D eigenvalue weighted by Crippen LogP contribution is 2.21. The molecule has 0 unspecified atom stereocenters. The van der Waals surface area contributed by atoms with Crippen LogP contribution in [0.3, 0.4) is 0 Å². The van der Waals surface area contributed by atoms with Gasteiger partial charge in [-0.2, -0.15) is 0 Å². The number of rotatable bonds is 6. The Morgan fingerprint density at radius 1 is 1.33 bits per heavy atom. The fourth-order valence-corrected chi connectivity index (χ4v) is 3.46. The molecule has 0 aliphatic carbocycles. The number of thiocarbonyl (C=S) groups is 1. The van der Waals surface area contributed by atoms with Crippen molar-refractivity contribution < 1.29 is 14.3 Å². The summed E-state index contributed by atoms with van der Waals surface area (Å²) in [5, 5.41) is 2.59. The number of hydrogen-bond donors (Lipinski definition) is 1. The number of benzene rings is 1. The molecular formula is C18H14ClN3O3S2. The Kier molecular flexibility index (Phi) is 6.00. The van der Waals surface area contributed by atoms with Crippen molar-refractivity contribution in [3.63, 3.8) is 0 Å². The molecule has 3 rings (SSSR count). The van der Waals surface area contributed by atoms with E-state index in [0.717, 1.165) is 4.88 Å². The van der Waals surface area contributed by atoms with E-state index >= 15 is 0 Å². The molecule has 138 valence electrons. The van der Waals surface area contributed by atoms with E-state index in [1.807, 2.05) is 0 Å². The van der Waals surface area contributed by atoms with Gasteiger partial charge in [0.05, 0.1) is 4.88 Å². The molecule has 2 heterocycles. The number of amides is 2. The van der Waals surface area contributed by atoms with E-state index in [1.54, 1.807) is 36.5 Å². The van der Waals surface area contributed by atoms with Crippen LogP contribution in [0.25, 0.3) is 6.08 Å². The second-order valence-electron chi connectivity index (χ2n) is 5.46. The van der Waals surface area contributed by atoms with Gasteiger partial charge in [0.15, 0.2) is 9.58 Å². The molecule has 1 N–H and O–H groups in total. The standard InChI is InChI=1S/C18H14ClN3O3S2/c1-2-7-22-16(24)14(15(23)21-18(22)26)8-11-3-5-12(6-4-11)25-10-13-9-20-17(19)27-13/h2-6,8-9H,1,7,10H2,(H,21,23,26). The Labute approximate surface area is 170 Å². The zero-order chi connectivity index (χ0) is 19.4. The normalized spacial score (nSPS) is 15.8. The molecule has 1 aliphatic heterocycles. The number of aromatic nitrogens is 1. The van der Waals surface area contributed by atoms with Crippen molar-refractivity contribution in [3.05, 3.63) is 63.6 Å². The zero-order valence-electron chi connectivity index (χ0n) is 14.0. The van der Waals surface area contributed by atoms with Crippen LogP contribution in [-0.4, -0.2) is 33.4 Å². The Bertz CT molecular complexity index is 938. The molecule has 0 bridgehead atoms. The molecule has 1 saturated heterocycles. The number of carbonyl (C=O) groups excluding carboxylic acids is 2. The maximum absolute atomic E-state index is 12.5. The minimum atomic E-state index is -0.521. The first-order valence-corrected chi connectivity index (χ1v) is 9.41. The molecule has 27 heavy (non-hydrogen) atoms. The van der Waals surface area contributed by atoms with Crippen LogP contribution in [0.2, 0.25) is 4.47 Å². The van der Waals surface area contributed by atoms with Crippen LogP contribution in [0.4, 0.5) is 0 Å². The topological polar surface area (TPSA) is 71.5 Å². The Balaban J connectivity index is 1.72. The summed E-state index contributed by atoms with van der Waals surface area (Å²) in [7, 11) is 0. The van der Waals surface area contributed by atoms with E-state index in [0.29, 0.717) is 22.4 Å². The quantitative estimate of drug-likeness (QED) is 0.337. The van der Waals surface area contributed by atoms with Crippen LogP contribution in [0.1, 0.15) is 10.4 Å². The molecule has 1 aromatic carbocycles. The maximum atomic E-state index is 12.5. The average Bonchev–Trinajstić information content (AvgIpc) is 3.07. The van der Waals surface area contributed by atoms with Crippen molar-refractivity contribution >= 4 is 58.2 Å². The molecule has 0 radical (unpaired) electrons. The molecule has 2 aromatic rings. The van der Waals surface area contributed by atoms with Crippen LogP contribution in [-0.2, 0) is 16.2 Å². The van der Waals surface area contributed by atoms with Gasteiger partial charge in [-0.25, -0.2) is 4.98 Å². The second-order valence-corrected chi connectivity index (χ2v) is 7.54. The molecule has 1 fully saturated rings. The molecule has 2 amide bonds. The number of thiazole rings is 1. The number of hydrogen-bond acceptors (Lipinski definition) is 6. The lowest BCUT2D eigenvalue weighted by Gasteiger charge is -2.27. The van der Waals surface area contributed by atoms with Crippen LogP contribution in [0.15, 0.2) is 48.7 Å². The third kappa shape index (κ3) is 4.60. The summed E-state index contributed by atoms with van der Waals surface area (Å²) < 4.78 is 6.13. The van der Waals surface area contributed by atoms with Gasteiger partial charge >= 0.3 is 0 Å². The average molecular weight is 420 g/mol. The van der Waals surface area contributed by atoms with Crippen molar-refractivity contribution in [3.8, 4) is 5.75 Å². The molecule has 0 spiro atoms. The van der Waals surface area contributed by atoms with Gasteiger partial charge in [-0.3, -0.25) is 19.8 Å². The molecular weight excluding hydrogens is 406 g/mol. The smallest absolute Gasteiger partial charge is 0.265 e. The zero-order valence-corrected chi connectivity index (χ0v) is 16.4. The minimum Gasteiger partial charge on any atom is -0.488 e. The lowest BCUT2D eigenvalue weighted by atomic mass is 10.1. The highest BCUT2D eigenvalue weighted by atomic mass is 35.5. The van der Waals surface area contributed by atoms with Gasteiger partial charge in [-0.15, -0.1) is 17.9 Å². The maximum Gasteiger partial charge on any atom is 0.265 e. The van der Waals surface area contributed by atoms with Crippen molar-refractivity contribution in [2.45, 2.75) is 6.61 Å². The monoisotopic (exact) mass is 419 g/mol. The number of halogens is 1. The Hall–Kier alpha value is -2.55. The number of ether oxygens (including phenoxy) is 1. The van der Waals surface area contributed by atoms with Crippen LogP contribution >= 0.6 is 35.2 Å². The van der Waals surface area contributed by atoms with Gasteiger partial charge < -0.3 is 4.74 Å². The Morgan fingerprint density at radius 3 is 2.70 bits per heavy atom. The van der Waals surface area contributed by atoms with Crippen LogP contribution in [0.5, 0.6) is 5.75 Å². The highest BCUT2D eigenvalue weighted by Gasteiger charge is 2.32. The number of carbonyl (C=O) groups is 2. The van der Waals surface area contributed by atoms with Crippen molar-refractivity contribution in [2.24, 2.45) is 0 Å². The van der Waals surface area contributed by atoms with E-state index in [1.165, 1.54) is 22.3 Å². The summed E-state index contributed by atoms with van der Waals surface area (Å²) in [6.07, 6.45) is 4.72. The predicted octanol–water partition coefficient (Wildman–Crippen LogP) is 3.19. The molecule has 1 aliphatic rings. The minimum absolute atomic E-state index is 0.0124. The largest absolute Gasteiger partial charge is 0.488 e. The Morgan fingerprint density at radius 2 is 2.07 bits per heavy atom. The third-order valence-electron chi connectivity index (χ3n) is 3.60. The number of nitrogens with one attached hydrogen (secondary N) is 1. The van der Waals surface area contributed by atoms with E-state index in [-0.39, 0.29) is 17.2 Å².